The second-order valence-electron chi connectivity index (χ2n) is 6.73. The zero-order valence-corrected chi connectivity index (χ0v) is 17.6. The van der Waals surface area contributed by atoms with Crippen LogP contribution in [0.25, 0.3) is 0 Å². The molecule has 0 saturated carbocycles. The van der Waals surface area contributed by atoms with Crippen LogP contribution in [0.3, 0.4) is 0 Å². The molecule has 0 aliphatic carbocycles. The topological polar surface area (TPSA) is 87.7 Å². The molecular weight excluding hydrogens is 429 g/mol. The van der Waals surface area contributed by atoms with Gasteiger partial charge in [-0.2, -0.15) is 0 Å². The Bertz CT molecular complexity index is 952. The van der Waals surface area contributed by atoms with Gasteiger partial charge in [-0.15, -0.1) is 0 Å². The van der Waals surface area contributed by atoms with Crippen molar-refractivity contribution >= 4 is 46.6 Å². The van der Waals surface area contributed by atoms with E-state index in [4.69, 9.17) is 27.9 Å². The number of carbonyl (C=O) groups is 3. The van der Waals surface area contributed by atoms with Crippen molar-refractivity contribution in [3.8, 4) is 5.75 Å². The monoisotopic (exact) mass is 449 g/mol. The van der Waals surface area contributed by atoms with Gasteiger partial charge in [-0.1, -0.05) is 29.3 Å². The molecule has 0 bridgehead atoms. The number of carbonyl (C=O) groups excluding carboxylic acids is 3. The lowest BCUT2D eigenvalue weighted by molar-refractivity contribution is -0.122. The molecule has 30 heavy (non-hydrogen) atoms. The summed E-state index contributed by atoms with van der Waals surface area (Å²) < 4.78 is 5.52. The fourth-order valence-electron chi connectivity index (χ4n) is 3.00. The Kier molecular flexibility index (Phi) is 7.54. The molecule has 0 atom stereocenters. The molecular formula is C21H21Cl2N3O4. The maximum Gasteiger partial charge on any atom is 0.269 e. The van der Waals surface area contributed by atoms with Gasteiger partial charge < -0.3 is 9.64 Å². The van der Waals surface area contributed by atoms with Crippen LogP contribution in [0.15, 0.2) is 42.5 Å². The molecule has 9 heteroatoms. The minimum absolute atomic E-state index is 0.0444. The van der Waals surface area contributed by atoms with Crippen LogP contribution in [0.1, 0.15) is 36.0 Å². The van der Waals surface area contributed by atoms with E-state index in [-0.39, 0.29) is 24.8 Å². The van der Waals surface area contributed by atoms with Crippen molar-refractivity contribution in [1.82, 2.24) is 10.9 Å². The van der Waals surface area contributed by atoms with E-state index in [2.05, 4.69) is 10.9 Å². The number of hydrogen-bond donors (Lipinski definition) is 2. The highest BCUT2D eigenvalue weighted by Crippen LogP contribution is 2.27. The lowest BCUT2D eigenvalue weighted by Gasteiger charge is -2.16. The highest BCUT2D eigenvalue weighted by atomic mass is 35.5. The number of halogens is 2. The predicted octanol–water partition coefficient (Wildman–Crippen LogP) is 3.74. The minimum atomic E-state index is -0.457. The van der Waals surface area contributed by atoms with Gasteiger partial charge in [-0.3, -0.25) is 25.2 Å². The molecule has 0 radical (unpaired) electrons. The van der Waals surface area contributed by atoms with Crippen LogP contribution < -0.4 is 20.5 Å². The number of nitrogens with one attached hydrogen (secondary N) is 2. The van der Waals surface area contributed by atoms with E-state index < -0.39 is 5.91 Å². The zero-order chi connectivity index (χ0) is 21.5. The molecule has 2 aromatic carbocycles. The minimum Gasteiger partial charge on any atom is -0.492 e. The van der Waals surface area contributed by atoms with Crippen LogP contribution in [0, 0.1) is 0 Å². The van der Waals surface area contributed by atoms with Gasteiger partial charge in [0.15, 0.2) is 0 Å². The van der Waals surface area contributed by atoms with Crippen LogP contribution in [-0.4, -0.2) is 30.9 Å². The Labute approximate surface area is 184 Å². The number of hydrazine groups is 1. The fourth-order valence-corrected chi connectivity index (χ4v) is 3.47. The van der Waals surface area contributed by atoms with Crippen molar-refractivity contribution in [3.63, 3.8) is 0 Å². The molecule has 1 heterocycles. The average molecular weight is 450 g/mol. The third-order valence-electron chi connectivity index (χ3n) is 4.51. The Morgan fingerprint density at radius 1 is 1.10 bits per heavy atom. The number of amides is 3. The van der Waals surface area contributed by atoms with E-state index in [0.29, 0.717) is 46.4 Å². The smallest absolute Gasteiger partial charge is 0.269 e. The van der Waals surface area contributed by atoms with Crippen molar-refractivity contribution in [1.29, 1.82) is 0 Å². The first kappa shape index (κ1) is 21.9. The first-order valence-corrected chi connectivity index (χ1v) is 10.3. The summed E-state index contributed by atoms with van der Waals surface area (Å²) in [5, 5.41) is 0.914. The second-order valence-corrected chi connectivity index (χ2v) is 7.57. The summed E-state index contributed by atoms with van der Waals surface area (Å²) in [5.74, 6) is -0.268. The first-order valence-electron chi connectivity index (χ1n) is 9.51. The van der Waals surface area contributed by atoms with Crippen molar-refractivity contribution in [2.24, 2.45) is 0 Å². The van der Waals surface area contributed by atoms with Crippen molar-refractivity contribution < 1.29 is 19.1 Å². The molecule has 0 unspecified atom stereocenters. The van der Waals surface area contributed by atoms with Gasteiger partial charge in [0.25, 0.3) is 5.91 Å². The summed E-state index contributed by atoms with van der Waals surface area (Å²) in [5.41, 5.74) is 5.79. The fraction of sp³-hybridized carbons (Fsp3) is 0.286. The van der Waals surface area contributed by atoms with E-state index in [1.165, 1.54) is 0 Å². The summed E-state index contributed by atoms with van der Waals surface area (Å²) >= 11 is 11.8. The highest BCUT2D eigenvalue weighted by molar-refractivity contribution is 6.35. The standard InChI is InChI=1S/C21H21Cl2N3O4/c22-15-8-9-18(17(23)13-15)30-11-3-6-19(27)24-25-21(29)14-4-1-5-16(12-14)26-10-2-7-20(26)28/h1,4-5,8-9,12-13H,2-3,6-7,10-11H2,(H,24,27)(H,25,29). The third kappa shape index (κ3) is 5.87. The number of ether oxygens (including phenoxy) is 1. The summed E-state index contributed by atoms with van der Waals surface area (Å²) in [7, 11) is 0. The molecule has 1 fully saturated rings. The summed E-state index contributed by atoms with van der Waals surface area (Å²) in [6.45, 7) is 0.929. The third-order valence-corrected chi connectivity index (χ3v) is 5.04. The largest absolute Gasteiger partial charge is 0.492 e. The molecule has 158 valence electrons. The number of benzene rings is 2. The number of anilines is 1. The Morgan fingerprint density at radius 2 is 1.93 bits per heavy atom. The average Bonchev–Trinajstić information content (AvgIpc) is 3.16. The van der Waals surface area contributed by atoms with Crippen molar-refractivity contribution in [2.75, 3.05) is 18.1 Å². The Morgan fingerprint density at radius 3 is 2.67 bits per heavy atom. The summed E-state index contributed by atoms with van der Waals surface area (Å²) in [6.07, 6.45) is 1.92. The summed E-state index contributed by atoms with van der Waals surface area (Å²) in [6, 6.07) is 11.6. The quantitative estimate of drug-likeness (QED) is 0.497. The van der Waals surface area contributed by atoms with Gasteiger partial charge in [0, 0.05) is 35.7 Å². The molecule has 1 saturated heterocycles. The molecule has 3 amide bonds. The normalized spacial score (nSPS) is 13.3. The van der Waals surface area contributed by atoms with Gasteiger partial charge in [0.1, 0.15) is 5.75 Å². The summed E-state index contributed by atoms with van der Waals surface area (Å²) in [4.78, 5) is 37.8. The van der Waals surface area contributed by atoms with Crippen LogP contribution >= 0.6 is 23.2 Å². The predicted molar refractivity (Wildman–Crippen MR) is 115 cm³/mol. The molecule has 1 aliphatic rings. The van der Waals surface area contributed by atoms with Gasteiger partial charge in [0.05, 0.1) is 11.6 Å². The van der Waals surface area contributed by atoms with Gasteiger partial charge in [-0.05, 0) is 49.2 Å². The van der Waals surface area contributed by atoms with Crippen LogP contribution in [0.5, 0.6) is 5.75 Å². The van der Waals surface area contributed by atoms with Crippen molar-refractivity contribution in [3.05, 3.63) is 58.1 Å². The lowest BCUT2D eigenvalue weighted by atomic mass is 10.2. The highest BCUT2D eigenvalue weighted by Gasteiger charge is 2.22. The van der Waals surface area contributed by atoms with E-state index in [1.807, 2.05) is 0 Å². The molecule has 7 nitrogen and oxygen atoms in total. The second kappa shape index (κ2) is 10.3. The van der Waals surface area contributed by atoms with Crippen molar-refractivity contribution in [2.45, 2.75) is 25.7 Å². The van der Waals surface area contributed by atoms with Crippen LogP contribution in [-0.2, 0) is 9.59 Å². The van der Waals surface area contributed by atoms with E-state index in [1.54, 1.807) is 47.4 Å². The Hall–Kier alpha value is -2.77. The van der Waals surface area contributed by atoms with Gasteiger partial charge in [0.2, 0.25) is 11.8 Å². The molecule has 0 spiro atoms. The molecule has 3 rings (SSSR count). The number of rotatable bonds is 7. The van der Waals surface area contributed by atoms with Gasteiger partial charge in [-0.25, -0.2) is 0 Å². The number of nitrogens with zero attached hydrogens (tertiary/aromatic N) is 1. The Balaban J connectivity index is 1.41. The zero-order valence-electron chi connectivity index (χ0n) is 16.1. The number of hydrogen-bond acceptors (Lipinski definition) is 4. The lowest BCUT2D eigenvalue weighted by Crippen LogP contribution is -2.41. The maximum absolute atomic E-state index is 12.3. The van der Waals surface area contributed by atoms with E-state index in [0.717, 1.165) is 6.42 Å². The molecule has 0 aromatic heterocycles. The molecule has 2 N–H and O–H groups in total. The van der Waals surface area contributed by atoms with Crippen LogP contribution in [0.4, 0.5) is 5.69 Å². The maximum atomic E-state index is 12.3. The first-order chi connectivity index (χ1) is 14.4. The SMILES string of the molecule is O=C(CCCOc1ccc(Cl)cc1Cl)NNC(=O)c1cccc(N2CCCC2=O)c1. The van der Waals surface area contributed by atoms with Gasteiger partial charge >= 0.3 is 0 Å². The molecule has 1 aliphatic heterocycles. The van der Waals surface area contributed by atoms with E-state index in [9.17, 15) is 14.4 Å². The van der Waals surface area contributed by atoms with Crippen LogP contribution in [0.2, 0.25) is 10.0 Å². The van der Waals surface area contributed by atoms with E-state index >= 15 is 0 Å². The molecule has 2 aromatic rings.